The summed E-state index contributed by atoms with van der Waals surface area (Å²) in [5, 5.41) is 3.79. The van der Waals surface area contributed by atoms with Crippen molar-refractivity contribution in [2.24, 2.45) is 0 Å². The summed E-state index contributed by atoms with van der Waals surface area (Å²) >= 11 is 7.67. The molecule has 23 heavy (non-hydrogen) atoms. The molecule has 0 unspecified atom stereocenters. The third-order valence-electron chi connectivity index (χ3n) is 3.07. The van der Waals surface area contributed by atoms with Gasteiger partial charge in [0.2, 0.25) is 5.91 Å². The lowest BCUT2D eigenvalue weighted by Gasteiger charge is -2.07. The second kappa shape index (κ2) is 6.52. The van der Waals surface area contributed by atoms with E-state index in [-0.39, 0.29) is 5.91 Å². The van der Waals surface area contributed by atoms with Gasteiger partial charge in [0.05, 0.1) is 17.3 Å². The molecular formula is C16H14ClN3O2S. The van der Waals surface area contributed by atoms with Crippen LogP contribution in [0.5, 0.6) is 5.75 Å². The van der Waals surface area contributed by atoms with Gasteiger partial charge >= 0.3 is 0 Å². The number of carbonyl (C=O) groups is 1. The monoisotopic (exact) mass is 347 g/mol. The molecule has 0 aliphatic carbocycles. The Labute approximate surface area is 142 Å². The summed E-state index contributed by atoms with van der Waals surface area (Å²) in [5.74, 6) is 0.576. The minimum absolute atomic E-state index is 0.154. The Morgan fingerprint density at radius 1 is 1.30 bits per heavy atom. The van der Waals surface area contributed by atoms with E-state index in [0.717, 1.165) is 27.4 Å². The van der Waals surface area contributed by atoms with Crippen molar-refractivity contribution in [3.8, 4) is 17.0 Å². The minimum Gasteiger partial charge on any atom is -0.494 e. The Morgan fingerprint density at radius 3 is 2.83 bits per heavy atom. The molecule has 3 aromatic rings. The molecule has 0 fully saturated rings. The second-order valence-corrected chi connectivity index (χ2v) is 6.18. The average molecular weight is 348 g/mol. The van der Waals surface area contributed by atoms with E-state index >= 15 is 0 Å². The fraction of sp³-hybridized carbons (Fsp3) is 0.188. The summed E-state index contributed by atoms with van der Waals surface area (Å²) in [4.78, 5) is 20.8. The summed E-state index contributed by atoms with van der Waals surface area (Å²) < 4.78 is 5.44. The fourth-order valence-corrected chi connectivity index (χ4v) is 3.28. The average Bonchev–Trinajstić information content (AvgIpc) is 2.88. The Balaban J connectivity index is 1.98. The normalized spacial score (nSPS) is 10.7. The molecule has 118 valence electrons. The van der Waals surface area contributed by atoms with Gasteiger partial charge in [-0.1, -0.05) is 22.9 Å². The van der Waals surface area contributed by atoms with E-state index in [9.17, 15) is 4.79 Å². The van der Waals surface area contributed by atoms with Crippen molar-refractivity contribution in [3.63, 3.8) is 0 Å². The summed E-state index contributed by atoms with van der Waals surface area (Å²) in [6.45, 7) is 3.96. The number of halogens is 1. The van der Waals surface area contributed by atoms with Crippen molar-refractivity contribution in [3.05, 3.63) is 35.4 Å². The Bertz CT molecular complexity index is 879. The highest BCUT2D eigenvalue weighted by molar-refractivity contribution is 7.21. The summed E-state index contributed by atoms with van der Waals surface area (Å²) in [7, 11) is 0. The van der Waals surface area contributed by atoms with Crippen LogP contribution in [0.3, 0.4) is 0 Å². The molecule has 0 aliphatic heterocycles. The second-order valence-electron chi connectivity index (χ2n) is 4.80. The first-order valence-electron chi connectivity index (χ1n) is 7.04. The first-order chi connectivity index (χ1) is 11.1. The smallest absolute Gasteiger partial charge is 0.223 e. The maximum absolute atomic E-state index is 11.1. The van der Waals surface area contributed by atoms with Gasteiger partial charge < -0.3 is 10.1 Å². The highest BCUT2D eigenvalue weighted by Crippen LogP contribution is 2.32. The van der Waals surface area contributed by atoms with Crippen molar-refractivity contribution < 1.29 is 9.53 Å². The number of rotatable bonds is 4. The molecule has 1 amide bonds. The van der Waals surface area contributed by atoms with E-state index in [4.69, 9.17) is 16.3 Å². The van der Waals surface area contributed by atoms with Gasteiger partial charge in [-0.2, -0.15) is 0 Å². The van der Waals surface area contributed by atoms with Crippen LogP contribution in [0.2, 0.25) is 5.02 Å². The van der Waals surface area contributed by atoms with Gasteiger partial charge in [0, 0.05) is 12.5 Å². The molecule has 3 rings (SSSR count). The zero-order valence-corrected chi connectivity index (χ0v) is 14.2. The van der Waals surface area contributed by atoms with Crippen LogP contribution in [-0.4, -0.2) is 22.5 Å². The molecule has 2 heterocycles. The number of aromatic nitrogens is 2. The predicted octanol–water partition coefficient (Wildman–Crippen LogP) is 4.37. The van der Waals surface area contributed by atoms with Gasteiger partial charge in [-0.05, 0) is 37.3 Å². The predicted molar refractivity (Wildman–Crippen MR) is 93.3 cm³/mol. The molecule has 5 nitrogen and oxygen atoms in total. The highest BCUT2D eigenvalue weighted by atomic mass is 35.5. The van der Waals surface area contributed by atoms with Crippen molar-refractivity contribution in [2.45, 2.75) is 13.8 Å². The van der Waals surface area contributed by atoms with Crippen molar-refractivity contribution >= 4 is 44.3 Å². The number of amides is 1. The van der Waals surface area contributed by atoms with E-state index in [1.54, 1.807) is 6.07 Å². The summed E-state index contributed by atoms with van der Waals surface area (Å²) in [6.07, 6.45) is 0. The maximum atomic E-state index is 11.1. The summed E-state index contributed by atoms with van der Waals surface area (Å²) in [6, 6.07) is 9.26. The standard InChI is InChI=1S/C16H14ClN3O2S/c1-3-22-10-4-5-11(12(17)8-10)13-6-7-14-15(19-13)23-16(20-14)18-9(2)21/h4-8H,3H2,1-2H3,(H,18,20,21). The number of nitrogens with one attached hydrogen (secondary N) is 1. The van der Waals surface area contributed by atoms with Crippen LogP contribution in [-0.2, 0) is 4.79 Å². The Kier molecular flexibility index (Phi) is 4.45. The van der Waals surface area contributed by atoms with Gasteiger partial charge in [-0.15, -0.1) is 0 Å². The zero-order chi connectivity index (χ0) is 16.4. The van der Waals surface area contributed by atoms with Gasteiger partial charge in [0.15, 0.2) is 5.13 Å². The van der Waals surface area contributed by atoms with Crippen molar-refractivity contribution in [1.29, 1.82) is 0 Å². The molecule has 2 aromatic heterocycles. The molecule has 0 atom stereocenters. The minimum atomic E-state index is -0.154. The van der Waals surface area contributed by atoms with Crippen LogP contribution in [0.25, 0.3) is 21.6 Å². The molecule has 0 radical (unpaired) electrons. The van der Waals surface area contributed by atoms with Gasteiger partial charge in [0.1, 0.15) is 16.1 Å². The van der Waals surface area contributed by atoms with Crippen LogP contribution in [0.15, 0.2) is 30.3 Å². The zero-order valence-electron chi connectivity index (χ0n) is 12.6. The van der Waals surface area contributed by atoms with Gasteiger partial charge in [-0.25, -0.2) is 9.97 Å². The topological polar surface area (TPSA) is 64.1 Å². The van der Waals surface area contributed by atoms with Crippen molar-refractivity contribution in [2.75, 3.05) is 11.9 Å². The Hall–Kier alpha value is -2.18. The number of pyridine rings is 1. The molecule has 0 bridgehead atoms. The maximum Gasteiger partial charge on any atom is 0.223 e. The van der Waals surface area contributed by atoms with E-state index in [0.29, 0.717) is 16.8 Å². The van der Waals surface area contributed by atoms with Crippen LogP contribution in [0, 0.1) is 0 Å². The number of hydrogen-bond acceptors (Lipinski definition) is 5. The quantitative estimate of drug-likeness (QED) is 0.761. The lowest BCUT2D eigenvalue weighted by atomic mass is 10.1. The third kappa shape index (κ3) is 3.43. The number of nitrogens with zero attached hydrogens (tertiary/aromatic N) is 2. The number of thiazole rings is 1. The molecule has 7 heteroatoms. The third-order valence-corrected chi connectivity index (χ3v) is 4.26. The molecule has 1 N–H and O–H groups in total. The van der Waals surface area contributed by atoms with Gasteiger partial charge in [0.25, 0.3) is 0 Å². The number of ether oxygens (including phenoxy) is 1. The van der Waals surface area contributed by atoms with Crippen LogP contribution in [0.4, 0.5) is 5.13 Å². The molecular weight excluding hydrogens is 334 g/mol. The molecule has 0 aliphatic rings. The number of carbonyl (C=O) groups excluding carboxylic acids is 1. The molecule has 1 aromatic carbocycles. The van der Waals surface area contributed by atoms with E-state index in [1.165, 1.54) is 18.3 Å². The largest absolute Gasteiger partial charge is 0.494 e. The van der Waals surface area contributed by atoms with E-state index < -0.39 is 0 Å². The number of benzene rings is 1. The molecule has 0 spiro atoms. The van der Waals surface area contributed by atoms with Crippen LogP contribution in [0.1, 0.15) is 13.8 Å². The lowest BCUT2D eigenvalue weighted by Crippen LogP contribution is -2.04. The first-order valence-corrected chi connectivity index (χ1v) is 8.24. The van der Waals surface area contributed by atoms with Crippen LogP contribution < -0.4 is 10.1 Å². The number of anilines is 1. The summed E-state index contributed by atoms with van der Waals surface area (Å²) in [5.41, 5.74) is 2.32. The molecule has 0 saturated carbocycles. The SMILES string of the molecule is CCOc1ccc(-c2ccc3nc(NC(C)=O)sc3n2)c(Cl)c1. The number of fused-ring (bicyclic) bond motifs is 1. The van der Waals surface area contributed by atoms with E-state index in [1.807, 2.05) is 31.2 Å². The Morgan fingerprint density at radius 2 is 2.13 bits per heavy atom. The molecule has 0 saturated heterocycles. The van der Waals surface area contributed by atoms with E-state index in [2.05, 4.69) is 15.3 Å². The van der Waals surface area contributed by atoms with Gasteiger partial charge in [-0.3, -0.25) is 4.79 Å². The number of hydrogen-bond donors (Lipinski definition) is 1. The first kappa shape index (κ1) is 15.7. The lowest BCUT2D eigenvalue weighted by molar-refractivity contribution is -0.114. The highest BCUT2D eigenvalue weighted by Gasteiger charge is 2.11. The fourth-order valence-electron chi connectivity index (χ4n) is 2.13. The van der Waals surface area contributed by atoms with Crippen molar-refractivity contribution in [1.82, 2.24) is 9.97 Å². The van der Waals surface area contributed by atoms with Crippen LogP contribution >= 0.6 is 22.9 Å².